The largest absolute Gasteiger partial charge is 0.388 e. The maximum atomic E-state index is 10.1. The summed E-state index contributed by atoms with van der Waals surface area (Å²) in [7, 11) is 3.91. The van der Waals surface area contributed by atoms with E-state index in [0.29, 0.717) is 19.6 Å². The second-order valence-electron chi connectivity index (χ2n) is 5.17. The first-order valence-electron chi connectivity index (χ1n) is 5.88. The molecule has 96 valence electrons. The lowest BCUT2D eigenvalue weighted by molar-refractivity contribution is 0.0335. The van der Waals surface area contributed by atoms with Gasteiger partial charge >= 0.3 is 0 Å². The molecule has 2 N–H and O–H groups in total. The Morgan fingerprint density at radius 3 is 2.65 bits per heavy atom. The zero-order valence-corrected chi connectivity index (χ0v) is 11.2. The normalized spacial score (nSPS) is 14.9. The molecule has 4 heteroatoms. The lowest BCUT2D eigenvalue weighted by atomic mass is 10.1. The van der Waals surface area contributed by atoms with Gasteiger partial charge in [-0.3, -0.25) is 4.98 Å². The Morgan fingerprint density at radius 2 is 2.12 bits per heavy atom. The summed E-state index contributed by atoms with van der Waals surface area (Å²) in [5, 5.41) is 13.3. The third-order valence-corrected chi connectivity index (χ3v) is 2.44. The zero-order valence-electron chi connectivity index (χ0n) is 11.2. The second-order valence-corrected chi connectivity index (χ2v) is 5.17. The van der Waals surface area contributed by atoms with E-state index >= 15 is 0 Å². The number of hydrogen-bond donors (Lipinski definition) is 2. The van der Waals surface area contributed by atoms with E-state index < -0.39 is 5.60 Å². The maximum absolute atomic E-state index is 10.1. The molecule has 1 rings (SSSR count). The summed E-state index contributed by atoms with van der Waals surface area (Å²) < 4.78 is 0. The number of aliphatic hydroxyl groups is 1. The van der Waals surface area contributed by atoms with Gasteiger partial charge in [0.2, 0.25) is 0 Å². The van der Waals surface area contributed by atoms with Gasteiger partial charge in [0, 0.05) is 25.8 Å². The van der Waals surface area contributed by atoms with Gasteiger partial charge in [-0.1, -0.05) is 6.07 Å². The number of rotatable bonds is 6. The van der Waals surface area contributed by atoms with E-state index in [0.717, 1.165) is 11.3 Å². The highest BCUT2D eigenvalue weighted by molar-refractivity contribution is 5.11. The third-order valence-electron chi connectivity index (χ3n) is 2.44. The summed E-state index contributed by atoms with van der Waals surface area (Å²) >= 11 is 0. The number of aryl methyl sites for hydroxylation is 1. The lowest BCUT2D eigenvalue weighted by Crippen LogP contribution is -2.45. The molecule has 0 spiro atoms. The van der Waals surface area contributed by atoms with Crippen molar-refractivity contribution in [3.05, 3.63) is 29.6 Å². The molecule has 0 aliphatic carbocycles. The Balaban J connectivity index is 2.34. The summed E-state index contributed by atoms with van der Waals surface area (Å²) in [4.78, 5) is 6.28. The van der Waals surface area contributed by atoms with Crippen molar-refractivity contribution < 1.29 is 5.11 Å². The molecule has 0 aliphatic heterocycles. The first-order valence-corrected chi connectivity index (χ1v) is 5.88. The Morgan fingerprint density at radius 1 is 1.41 bits per heavy atom. The molecule has 1 aromatic rings. The molecule has 0 fully saturated rings. The van der Waals surface area contributed by atoms with E-state index in [1.807, 2.05) is 51.2 Å². The van der Waals surface area contributed by atoms with Crippen LogP contribution in [0.15, 0.2) is 18.3 Å². The van der Waals surface area contributed by atoms with Gasteiger partial charge in [0.25, 0.3) is 0 Å². The van der Waals surface area contributed by atoms with E-state index in [1.165, 1.54) is 0 Å². The summed E-state index contributed by atoms with van der Waals surface area (Å²) in [6.45, 7) is 5.74. The van der Waals surface area contributed by atoms with Crippen LogP contribution in [0.5, 0.6) is 0 Å². The maximum Gasteiger partial charge on any atom is 0.0869 e. The summed E-state index contributed by atoms with van der Waals surface area (Å²) in [6, 6.07) is 4.05. The van der Waals surface area contributed by atoms with Crippen LogP contribution in [0.2, 0.25) is 0 Å². The number of likely N-dealkylation sites (N-methyl/N-ethyl adjacent to an activating group) is 1. The minimum Gasteiger partial charge on any atom is -0.388 e. The van der Waals surface area contributed by atoms with Crippen LogP contribution in [0.1, 0.15) is 18.2 Å². The molecule has 0 radical (unpaired) electrons. The van der Waals surface area contributed by atoms with Crippen LogP contribution in [-0.2, 0) is 6.54 Å². The Kier molecular flexibility index (Phi) is 5.05. The minimum absolute atomic E-state index is 0.556. The van der Waals surface area contributed by atoms with Gasteiger partial charge in [-0.15, -0.1) is 0 Å². The van der Waals surface area contributed by atoms with Gasteiger partial charge < -0.3 is 15.3 Å². The molecule has 1 heterocycles. The van der Waals surface area contributed by atoms with Gasteiger partial charge in [0.05, 0.1) is 11.3 Å². The molecule has 1 atom stereocenters. The van der Waals surface area contributed by atoms with Gasteiger partial charge in [-0.2, -0.15) is 0 Å². The van der Waals surface area contributed by atoms with Crippen LogP contribution in [-0.4, -0.2) is 47.8 Å². The molecule has 0 saturated heterocycles. The predicted molar refractivity (Wildman–Crippen MR) is 69.9 cm³/mol. The van der Waals surface area contributed by atoms with Gasteiger partial charge in [-0.25, -0.2) is 0 Å². The standard InChI is InChI=1S/C13H23N3O/c1-11-5-6-12(15-7-11)8-14-9-13(2,17)10-16(3)4/h5-7,14,17H,8-10H2,1-4H3. The van der Waals surface area contributed by atoms with Crippen molar-refractivity contribution in [2.24, 2.45) is 0 Å². The van der Waals surface area contributed by atoms with Crippen molar-refractivity contribution in [1.82, 2.24) is 15.2 Å². The number of pyridine rings is 1. The topological polar surface area (TPSA) is 48.4 Å². The lowest BCUT2D eigenvalue weighted by Gasteiger charge is -2.27. The number of nitrogens with one attached hydrogen (secondary N) is 1. The van der Waals surface area contributed by atoms with Crippen LogP contribution in [0.25, 0.3) is 0 Å². The Bertz CT molecular complexity index is 333. The number of hydrogen-bond acceptors (Lipinski definition) is 4. The third kappa shape index (κ3) is 5.77. The summed E-state index contributed by atoms with van der Waals surface area (Å²) in [5.74, 6) is 0. The second kappa shape index (κ2) is 6.10. The summed E-state index contributed by atoms with van der Waals surface area (Å²) in [6.07, 6.45) is 1.86. The molecule has 1 aromatic heterocycles. The summed E-state index contributed by atoms with van der Waals surface area (Å²) in [5.41, 5.74) is 1.44. The fourth-order valence-electron chi connectivity index (χ4n) is 1.80. The Labute approximate surface area is 104 Å². The highest BCUT2D eigenvalue weighted by atomic mass is 16.3. The van der Waals surface area contributed by atoms with E-state index in [2.05, 4.69) is 10.3 Å². The number of aromatic nitrogens is 1. The molecular weight excluding hydrogens is 214 g/mol. The fourth-order valence-corrected chi connectivity index (χ4v) is 1.80. The van der Waals surface area contributed by atoms with Crippen molar-refractivity contribution in [2.75, 3.05) is 27.2 Å². The first-order chi connectivity index (χ1) is 7.89. The molecule has 0 bridgehead atoms. The van der Waals surface area contributed by atoms with Crippen LogP contribution in [0.3, 0.4) is 0 Å². The molecule has 0 amide bonds. The van der Waals surface area contributed by atoms with Gasteiger partial charge in [-0.05, 0) is 39.6 Å². The van der Waals surface area contributed by atoms with Gasteiger partial charge in [0.1, 0.15) is 0 Å². The molecule has 1 unspecified atom stereocenters. The first kappa shape index (κ1) is 14.1. The van der Waals surface area contributed by atoms with Crippen molar-refractivity contribution >= 4 is 0 Å². The quantitative estimate of drug-likeness (QED) is 0.768. The molecule has 17 heavy (non-hydrogen) atoms. The van der Waals surface area contributed by atoms with E-state index in [4.69, 9.17) is 0 Å². The average Bonchev–Trinajstić information content (AvgIpc) is 2.18. The predicted octanol–water partition coefficient (Wildman–Crippen LogP) is 0.792. The van der Waals surface area contributed by atoms with Crippen molar-refractivity contribution in [3.8, 4) is 0 Å². The highest BCUT2D eigenvalue weighted by Crippen LogP contribution is 2.03. The fraction of sp³-hybridized carbons (Fsp3) is 0.615. The minimum atomic E-state index is -0.714. The number of nitrogens with zero attached hydrogens (tertiary/aromatic N) is 2. The van der Waals surface area contributed by atoms with Gasteiger partial charge in [0.15, 0.2) is 0 Å². The van der Waals surface area contributed by atoms with Crippen LogP contribution in [0.4, 0.5) is 0 Å². The van der Waals surface area contributed by atoms with E-state index in [9.17, 15) is 5.11 Å². The monoisotopic (exact) mass is 237 g/mol. The van der Waals surface area contributed by atoms with Crippen LogP contribution in [0, 0.1) is 6.92 Å². The highest BCUT2D eigenvalue weighted by Gasteiger charge is 2.20. The van der Waals surface area contributed by atoms with Crippen molar-refractivity contribution in [3.63, 3.8) is 0 Å². The van der Waals surface area contributed by atoms with E-state index in [-0.39, 0.29) is 0 Å². The molecule has 4 nitrogen and oxygen atoms in total. The average molecular weight is 237 g/mol. The van der Waals surface area contributed by atoms with Crippen molar-refractivity contribution in [2.45, 2.75) is 26.0 Å². The zero-order chi connectivity index (χ0) is 12.9. The molecule has 0 saturated carbocycles. The molecule has 0 aromatic carbocycles. The van der Waals surface area contributed by atoms with Crippen LogP contribution < -0.4 is 5.32 Å². The molecule has 0 aliphatic rings. The Hall–Kier alpha value is -0.970. The van der Waals surface area contributed by atoms with E-state index in [1.54, 1.807) is 0 Å². The smallest absolute Gasteiger partial charge is 0.0869 e. The van der Waals surface area contributed by atoms with Crippen molar-refractivity contribution in [1.29, 1.82) is 0 Å². The molecular formula is C13H23N3O. The van der Waals surface area contributed by atoms with Crippen LogP contribution >= 0.6 is 0 Å². The SMILES string of the molecule is Cc1ccc(CNCC(C)(O)CN(C)C)nc1.